The van der Waals surface area contributed by atoms with E-state index in [2.05, 4.69) is 10.6 Å². The fraction of sp³-hybridized carbons (Fsp3) is 0.371. The first-order valence-electron chi connectivity index (χ1n) is 15.2. The molecule has 0 aromatic heterocycles. The number of rotatable bonds is 10. The molecule has 3 aromatic carbocycles. The molecule has 1 saturated carbocycles. The highest BCUT2D eigenvalue weighted by molar-refractivity contribution is 5.98. The van der Waals surface area contributed by atoms with Gasteiger partial charge in [-0.3, -0.25) is 19.2 Å². The molecular weight excluding hydrogens is 540 g/mol. The van der Waals surface area contributed by atoms with E-state index in [1.807, 2.05) is 53.4 Å². The second-order valence-corrected chi connectivity index (χ2v) is 11.7. The van der Waals surface area contributed by atoms with Crippen LogP contribution in [0.3, 0.4) is 0 Å². The van der Waals surface area contributed by atoms with Crippen molar-refractivity contribution in [2.45, 2.75) is 44.9 Å². The Morgan fingerprint density at radius 1 is 0.791 bits per heavy atom. The number of piperidine rings is 1. The van der Waals surface area contributed by atoms with E-state index in [4.69, 9.17) is 0 Å². The number of anilines is 2. The van der Waals surface area contributed by atoms with Crippen LogP contribution >= 0.6 is 0 Å². The lowest BCUT2D eigenvalue weighted by atomic mass is 9.83. The molecule has 43 heavy (non-hydrogen) atoms. The third-order valence-corrected chi connectivity index (χ3v) is 8.44. The maximum absolute atomic E-state index is 13.1. The molecule has 1 saturated heterocycles. The Morgan fingerprint density at radius 2 is 1.49 bits per heavy atom. The predicted molar refractivity (Wildman–Crippen MR) is 168 cm³/mol. The Balaban J connectivity index is 1.12. The summed E-state index contributed by atoms with van der Waals surface area (Å²) in [5.41, 5.74) is 3.62. The summed E-state index contributed by atoms with van der Waals surface area (Å²) in [4.78, 5) is 55.2. The average molecular weight is 581 g/mol. The molecule has 8 nitrogen and oxygen atoms in total. The number of benzene rings is 3. The van der Waals surface area contributed by atoms with Gasteiger partial charge in [0.15, 0.2) is 0 Å². The zero-order valence-corrected chi connectivity index (χ0v) is 24.8. The highest BCUT2D eigenvalue weighted by Gasteiger charge is 2.34. The van der Waals surface area contributed by atoms with Crippen LogP contribution in [0.2, 0.25) is 0 Å². The molecule has 0 bridgehead atoms. The lowest BCUT2D eigenvalue weighted by Gasteiger charge is -2.36. The minimum atomic E-state index is -0.239. The second-order valence-electron chi connectivity index (χ2n) is 11.7. The molecule has 0 spiro atoms. The van der Waals surface area contributed by atoms with Crippen LogP contribution in [-0.2, 0) is 27.2 Å². The van der Waals surface area contributed by atoms with Gasteiger partial charge in [0.1, 0.15) is 0 Å². The van der Waals surface area contributed by atoms with E-state index < -0.39 is 0 Å². The van der Waals surface area contributed by atoms with Crippen molar-refractivity contribution in [3.05, 3.63) is 95.6 Å². The van der Waals surface area contributed by atoms with Gasteiger partial charge in [-0.2, -0.15) is 0 Å². The quantitative estimate of drug-likeness (QED) is 0.346. The smallest absolute Gasteiger partial charge is 0.253 e. The first-order chi connectivity index (χ1) is 20.9. The van der Waals surface area contributed by atoms with E-state index in [9.17, 15) is 19.2 Å². The van der Waals surface area contributed by atoms with Crippen LogP contribution in [0, 0.1) is 11.8 Å². The van der Waals surface area contributed by atoms with Gasteiger partial charge in [-0.1, -0.05) is 55.0 Å². The average Bonchev–Trinajstić information content (AvgIpc) is 2.99. The number of amides is 4. The summed E-state index contributed by atoms with van der Waals surface area (Å²) < 4.78 is 0. The third kappa shape index (κ3) is 8.09. The summed E-state index contributed by atoms with van der Waals surface area (Å²) >= 11 is 0. The van der Waals surface area contributed by atoms with Crippen LogP contribution in [0.4, 0.5) is 11.4 Å². The molecule has 224 valence electrons. The summed E-state index contributed by atoms with van der Waals surface area (Å²) in [6.07, 6.45) is 5.50. The highest BCUT2D eigenvalue weighted by atomic mass is 16.2. The van der Waals surface area contributed by atoms with Gasteiger partial charge in [-0.15, -0.1) is 0 Å². The molecule has 0 radical (unpaired) electrons. The van der Waals surface area contributed by atoms with Gasteiger partial charge in [0.2, 0.25) is 17.7 Å². The summed E-state index contributed by atoms with van der Waals surface area (Å²) in [5.74, 6) is -0.326. The van der Waals surface area contributed by atoms with Gasteiger partial charge in [0, 0.05) is 49.5 Å². The Hall–Kier alpha value is -4.46. The molecule has 1 aliphatic carbocycles. The molecule has 1 atom stereocenters. The lowest BCUT2D eigenvalue weighted by Crippen LogP contribution is -2.47. The van der Waals surface area contributed by atoms with E-state index in [1.54, 1.807) is 42.3 Å². The van der Waals surface area contributed by atoms with Crippen molar-refractivity contribution in [1.29, 1.82) is 0 Å². The molecule has 2 N–H and O–H groups in total. The first-order valence-corrected chi connectivity index (χ1v) is 15.2. The molecule has 3 aromatic rings. The van der Waals surface area contributed by atoms with Gasteiger partial charge in [-0.05, 0) is 73.6 Å². The fourth-order valence-corrected chi connectivity index (χ4v) is 5.69. The van der Waals surface area contributed by atoms with Gasteiger partial charge >= 0.3 is 0 Å². The van der Waals surface area contributed by atoms with Crippen molar-refractivity contribution in [2.24, 2.45) is 11.8 Å². The summed E-state index contributed by atoms with van der Waals surface area (Å²) in [5, 5.41) is 5.89. The number of likely N-dealkylation sites (N-methyl/N-ethyl adjacent to an activating group) is 1. The SMILES string of the molecule is CN(CCc1ccccc1)C(=O)c1cccc(NC(=O)Cc2cccc(NC(=O)C3CCCN(C(=O)C4CCC4)C3)c2)c1. The van der Waals surface area contributed by atoms with Crippen LogP contribution in [0.15, 0.2) is 78.9 Å². The van der Waals surface area contributed by atoms with Crippen molar-refractivity contribution < 1.29 is 19.2 Å². The fourth-order valence-electron chi connectivity index (χ4n) is 5.69. The Bertz CT molecular complexity index is 1450. The normalized spacial score (nSPS) is 16.6. The van der Waals surface area contributed by atoms with Crippen LogP contribution < -0.4 is 10.6 Å². The number of carbonyl (C=O) groups is 4. The van der Waals surface area contributed by atoms with E-state index in [0.717, 1.165) is 50.6 Å². The van der Waals surface area contributed by atoms with Crippen LogP contribution in [0.1, 0.15) is 53.6 Å². The molecule has 1 heterocycles. The van der Waals surface area contributed by atoms with Gasteiger partial charge in [0.05, 0.1) is 12.3 Å². The van der Waals surface area contributed by atoms with Crippen LogP contribution in [0.5, 0.6) is 0 Å². The number of nitrogens with one attached hydrogen (secondary N) is 2. The maximum Gasteiger partial charge on any atom is 0.253 e. The standard InChI is InChI=1S/C35H40N4O4/c1-38(20-18-25-9-3-2-4-10-25)34(42)28-14-7-17-31(23-28)36-32(40)22-26-11-5-16-30(21-26)37-33(41)29-15-8-19-39(24-29)35(43)27-12-6-13-27/h2-5,7,9-11,14,16-17,21,23,27,29H,6,8,12-13,15,18-20,22,24H2,1H3,(H,36,40)(H,37,41). The number of hydrogen-bond acceptors (Lipinski definition) is 4. The number of carbonyl (C=O) groups excluding carboxylic acids is 4. The first kappa shape index (κ1) is 30.0. The summed E-state index contributed by atoms with van der Waals surface area (Å²) in [6, 6.07) is 24.3. The minimum Gasteiger partial charge on any atom is -0.342 e. The molecular formula is C35H40N4O4. The van der Waals surface area contributed by atoms with Crippen LogP contribution in [-0.4, -0.2) is 60.1 Å². The van der Waals surface area contributed by atoms with Crippen molar-refractivity contribution in [3.63, 3.8) is 0 Å². The second kappa shape index (κ2) is 14.1. The predicted octanol–water partition coefficient (Wildman–Crippen LogP) is 5.16. The van der Waals surface area contributed by atoms with Crippen LogP contribution in [0.25, 0.3) is 0 Å². The molecule has 4 amide bonds. The number of hydrogen-bond donors (Lipinski definition) is 2. The van der Waals surface area contributed by atoms with E-state index in [-0.39, 0.29) is 41.9 Å². The van der Waals surface area contributed by atoms with Crippen molar-refractivity contribution >= 4 is 35.0 Å². The van der Waals surface area contributed by atoms with Gasteiger partial charge in [0.25, 0.3) is 5.91 Å². The number of likely N-dealkylation sites (tertiary alicyclic amines) is 1. The minimum absolute atomic E-state index is 0.0945. The summed E-state index contributed by atoms with van der Waals surface area (Å²) in [6.45, 7) is 1.78. The molecule has 8 heteroatoms. The third-order valence-electron chi connectivity index (χ3n) is 8.44. The largest absolute Gasteiger partial charge is 0.342 e. The topological polar surface area (TPSA) is 98.8 Å². The highest BCUT2D eigenvalue weighted by Crippen LogP contribution is 2.30. The van der Waals surface area contributed by atoms with Crippen molar-refractivity contribution in [3.8, 4) is 0 Å². The van der Waals surface area contributed by atoms with Crippen molar-refractivity contribution in [1.82, 2.24) is 9.80 Å². The Labute approximate surface area is 253 Å². The molecule has 1 unspecified atom stereocenters. The summed E-state index contributed by atoms with van der Waals surface area (Å²) in [7, 11) is 1.78. The van der Waals surface area contributed by atoms with E-state index >= 15 is 0 Å². The van der Waals surface area contributed by atoms with E-state index in [1.165, 1.54) is 5.56 Å². The van der Waals surface area contributed by atoms with E-state index in [0.29, 0.717) is 30.0 Å². The zero-order valence-electron chi connectivity index (χ0n) is 24.8. The molecule has 1 aliphatic heterocycles. The lowest BCUT2D eigenvalue weighted by molar-refractivity contribution is -0.141. The maximum atomic E-state index is 13.1. The molecule has 5 rings (SSSR count). The van der Waals surface area contributed by atoms with Crippen molar-refractivity contribution in [2.75, 3.05) is 37.3 Å². The zero-order chi connectivity index (χ0) is 30.2. The molecule has 2 aliphatic rings. The Morgan fingerprint density at radius 3 is 2.23 bits per heavy atom. The monoisotopic (exact) mass is 580 g/mol. The van der Waals surface area contributed by atoms with Gasteiger partial charge in [-0.25, -0.2) is 0 Å². The Kier molecular flexibility index (Phi) is 9.87. The van der Waals surface area contributed by atoms with Gasteiger partial charge < -0.3 is 20.4 Å². The number of nitrogens with zero attached hydrogens (tertiary/aromatic N) is 2. The molecule has 2 fully saturated rings.